The molecule has 0 N–H and O–H groups in total. The largest absolute Gasteiger partial charge is 0.0884 e. The van der Waals surface area contributed by atoms with Gasteiger partial charge in [-0.2, -0.15) is 0 Å². The zero-order valence-electron chi connectivity index (χ0n) is 21.4. The van der Waals surface area contributed by atoms with Crippen molar-refractivity contribution in [3.05, 3.63) is 36.0 Å². The lowest BCUT2D eigenvalue weighted by Gasteiger charge is -2.55. The maximum Gasteiger partial charge on any atom is 0.0211 e. The van der Waals surface area contributed by atoms with Gasteiger partial charge in [0, 0.05) is 4.83 Å². The summed E-state index contributed by atoms with van der Waals surface area (Å²) in [6.07, 6.45) is 29.4. The van der Waals surface area contributed by atoms with E-state index in [1.165, 1.54) is 70.6 Å². The Balaban J connectivity index is 1.27. The summed E-state index contributed by atoms with van der Waals surface area (Å²) in [5.74, 6) is 8.49. The van der Waals surface area contributed by atoms with E-state index >= 15 is 0 Å². The van der Waals surface area contributed by atoms with Gasteiger partial charge in [0.1, 0.15) is 0 Å². The van der Waals surface area contributed by atoms with Crippen molar-refractivity contribution in [1.82, 2.24) is 0 Å². The molecule has 11 atom stereocenters. The minimum Gasteiger partial charge on any atom is -0.0884 e. The van der Waals surface area contributed by atoms with Crippen molar-refractivity contribution in [3.8, 4) is 0 Å². The monoisotopic (exact) mass is 510 g/mol. The third-order valence-corrected chi connectivity index (χ3v) is 13.0. The Morgan fingerprint density at radius 3 is 2.45 bits per heavy atom. The Morgan fingerprint density at radius 1 is 0.788 bits per heavy atom. The first-order valence-electron chi connectivity index (χ1n) is 14.6. The van der Waals surface area contributed by atoms with Gasteiger partial charge in [-0.05, 0) is 110 Å². The van der Waals surface area contributed by atoms with Gasteiger partial charge in [-0.1, -0.05) is 98.3 Å². The number of hydrogen-bond acceptors (Lipinski definition) is 0. The van der Waals surface area contributed by atoms with E-state index in [4.69, 9.17) is 0 Å². The molecule has 0 aromatic rings. The molecule has 6 rings (SSSR count). The van der Waals surface area contributed by atoms with Gasteiger partial charge in [0.2, 0.25) is 0 Å². The highest BCUT2D eigenvalue weighted by atomic mass is 79.9. The summed E-state index contributed by atoms with van der Waals surface area (Å²) in [5, 5.41) is 0. The summed E-state index contributed by atoms with van der Waals surface area (Å²) < 4.78 is 0. The Morgan fingerprint density at radius 2 is 1.58 bits per heavy atom. The van der Waals surface area contributed by atoms with E-state index in [1.807, 2.05) is 5.57 Å². The van der Waals surface area contributed by atoms with Crippen LogP contribution in [0.15, 0.2) is 36.0 Å². The molecule has 3 saturated carbocycles. The second-order valence-electron chi connectivity index (χ2n) is 13.7. The first-order chi connectivity index (χ1) is 15.9. The quantitative estimate of drug-likeness (QED) is 0.243. The zero-order valence-corrected chi connectivity index (χ0v) is 23.0. The Hall–Kier alpha value is -0.300. The summed E-state index contributed by atoms with van der Waals surface area (Å²) in [6.45, 7) is 7.81. The molecule has 1 heteroatoms. The summed E-state index contributed by atoms with van der Waals surface area (Å²) >= 11 is 4.08. The predicted molar refractivity (Wildman–Crippen MR) is 144 cm³/mol. The standard InChI is InChI=1S/C32H47Br/c1-20-7-5-4-6-8-21-9-11-23(19-28(21)32(20,2)3)26-17-24-12-10-22-14-16-29(33)27-15-13-25(18-26)30(24)31(22)27/h9,11,13,15,17,20-23,25-31H,4-8,10,12,14,16,18-19H2,1-3H3. The third-order valence-electron chi connectivity index (χ3n) is 12.0. The molecule has 182 valence electrons. The molecular weight excluding hydrogens is 464 g/mol. The lowest BCUT2D eigenvalue weighted by atomic mass is 9.50. The van der Waals surface area contributed by atoms with Crippen molar-refractivity contribution in [2.75, 3.05) is 0 Å². The highest BCUT2D eigenvalue weighted by molar-refractivity contribution is 9.09. The van der Waals surface area contributed by atoms with E-state index in [0.29, 0.717) is 5.41 Å². The molecule has 0 bridgehead atoms. The van der Waals surface area contributed by atoms with E-state index in [-0.39, 0.29) is 0 Å². The van der Waals surface area contributed by atoms with Crippen LogP contribution in [0, 0.1) is 64.6 Å². The first kappa shape index (κ1) is 23.1. The number of rotatable bonds is 1. The number of hydrogen-bond donors (Lipinski definition) is 0. The lowest BCUT2D eigenvalue weighted by molar-refractivity contribution is 0.0437. The van der Waals surface area contributed by atoms with E-state index in [1.54, 1.807) is 0 Å². The van der Waals surface area contributed by atoms with Crippen LogP contribution < -0.4 is 0 Å². The second kappa shape index (κ2) is 8.97. The molecular formula is C32H47Br. The van der Waals surface area contributed by atoms with Crippen LogP contribution in [0.25, 0.3) is 0 Å². The topological polar surface area (TPSA) is 0 Å². The van der Waals surface area contributed by atoms with Gasteiger partial charge in [-0.15, -0.1) is 0 Å². The van der Waals surface area contributed by atoms with Crippen LogP contribution in [0.2, 0.25) is 0 Å². The molecule has 0 saturated heterocycles. The molecule has 0 heterocycles. The van der Waals surface area contributed by atoms with Gasteiger partial charge in [0.15, 0.2) is 0 Å². The summed E-state index contributed by atoms with van der Waals surface area (Å²) in [5.41, 5.74) is 2.34. The van der Waals surface area contributed by atoms with Crippen LogP contribution in [0.1, 0.15) is 91.4 Å². The highest BCUT2D eigenvalue weighted by Crippen LogP contribution is 2.59. The molecule has 6 aliphatic carbocycles. The van der Waals surface area contributed by atoms with Crippen molar-refractivity contribution in [2.24, 2.45) is 64.6 Å². The molecule has 0 nitrogen and oxygen atoms in total. The maximum atomic E-state index is 4.08. The zero-order chi connectivity index (χ0) is 22.7. The van der Waals surface area contributed by atoms with Crippen LogP contribution in [0.4, 0.5) is 0 Å². The average Bonchev–Trinajstić information content (AvgIpc) is 2.87. The SMILES string of the molecule is CC1CCCCCC2C=CC(C3C=C4CCC5CCC(Br)C6C=CC(C3)C4C56)CC2C1(C)C. The Bertz CT molecular complexity index is 816. The Kier molecular flexibility index (Phi) is 6.29. The minimum atomic E-state index is 0.464. The molecule has 33 heavy (non-hydrogen) atoms. The van der Waals surface area contributed by atoms with E-state index < -0.39 is 0 Å². The summed E-state index contributed by atoms with van der Waals surface area (Å²) in [6, 6.07) is 0. The third kappa shape index (κ3) is 3.99. The van der Waals surface area contributed by atoms with Crippen LogP contribution in [-0.2, 0) is 0 Å². The van der Waals surface area contributed by atoms with E-state index in [2.05, 4.69) is 67.1 Å². The van der Waals surface area contributed by atoms with Crippen LogP contribution in [0.3, 0.4) is 0 Å². The van der Waals surface area contributed by atoms with Crippen molar-refractivity contribution in [3.63, 3.8) is 0 Å². The smallest absolute Gasteiger partial charge is 0.0211 e. The van der Waals surface area contributed by atoms with Gasteiger partial charge in [0.25, 0.3) is 0 Å². The highest BCUT2D eigenvalue weighted by Gasteiger charge is 2.51. The van der Waals surface area contributed by atoms with Crippen molar-refractivity contribution >= 4 is 15.9 Å². The number of halogens is 1. The molecule has 0 radical (unpaired) electrons. The molecule has 0 spiro atoms. The first-order valence-corrected chi connectivity index (χ1v) is 15.6. The minimum absolute atomic E-state index is 0.464. The lowest BCUT2D eigenvalue weighted by Crippen LogP contribution is -2.48. The normalized spacial score (nSPS) is 50.8. The maximum absolute atomic E-state index is 4.08. The predicted octanol–water partition coefficient (Wildman–Crippen LogP) is 9.37. The Labute approximate surface area is 212 Å². The molecule has 0 aromatic carbocycles. The number of allylic oxidation sites excluding steroid dienone is 6. The average molecular weight is 512 g/mol. The fourth-order valence-electron chi connectivity index (χ4n) is 9.71. The fraction of sp³-hybridized carbons (Fsp3) is 0.812. The molecule has 11 unspecified atom stereocenters. The molecule has 0 amide bonds. The van der Waals surface area contributed by atoms with Gasteiger partial charge < -0.3 is 0 Å². The summed E-state index contributed by atoms with van der Waals surface area (Å²) in [7, 11) is 0. The molecule has 3 fully saturated rings. The van der Waals surface area contributed by atoms with Crippen LogP contribution >= 0.6 is 15.9 Å². The van der Waals surface area contributed by atoms with E-state index in [9.17, 15) is 0 Å². The summed E-state index contributed by atoms with van der Waals surface area (Å²) in [4.78, 5) is 0.721. The van der Waals surface area contributed by atoms with Gasteiger partial charge in [0.05, 0.1) is 0 Å². The van der Waals surface area contributed by atoms with Gasteiger partial charge >= 0.3 is 0 Å². The number of fused-ring (bicyclic) bond motifs is 1. The van der Waals surface area contributed by atoms with Crippen molar-refractivity contribution in [2.45, 2.75) is 96.2 Å². The fourth-order valence-corrected chi connectivity index (χ4v) is 10.5. The van der Waals surface area contributed by atoms with E-state index in [0.717, 1.165) is 64.0 Å². The van der Waals surface area contributed by atoms with Gasteiger partial charge in [-0.3, -0.25) is 0 Å². The van der Waals surface area contributed by atoms with Crippen LogP contribution in [0.5, 0.6) is 0 Å². The van der Waals surface area contributed by atoms with Gasteiger partial charge in [-0.25, -0.2) is 0 Å². The second-order valence-corrected chi connectivity index (χ2v) is 14.9. The molecule has 6 aliphatic rings. The van der Waals surface area contributed by atoms with Crippen molar-refractivity contribution in [1.29, 1.82) is 0 Å². The molecule has 0 aromatic heterocycles. The number of alkyl halides is 1. The van der Waals surface area contributed by atoms with Crippen LogP contribution in [-0.4, -0.2) is 4.83 Å². The van der Waals surface area contributed by atoms with Crippen molar-refractivity contribution < 1.29 is 0 Å². The molecule has 0 aliphatic heterocycles.